The zero-order chi connectivity index (χ0) is 26.2. The van der Waals surface area contributed by atoms with Crippen molar-refractivity contribution < 1.29 is 14.3 Å². The van der Waals surface area contributed by atoms with Crippen molar-refractivity contribution in [3.63, 3.8) is 0 Å². The largest absolute Gasteiger partial charge is 0.492 e. The molecule has 0 aliphatic carbocycles. The lowest BCUT2D eigenvalue weighted by atomic mass is 9.94. The van der Waals surface area contributed by atoms with Crippen LogP contribution in [0, 0.1) is 12.8 Å². The highest BCUT2D eigenvalue weighted by molar-refractivity contribution is 6.08. The lowest BCUT2D eigenvalue weighted by Crippen LogP contribution is -2.30. The number of anilines is 1. The summed E-state index contributed by atoms with van der Waals surface area (Å²) < 4.78 is 14.1. The molecule has 0 bridgehead atoms. The highest BCUT2D eigenvalue weighted by Gasteiger charge is 2.27. The highest BCUT2D eigenvalue weighted by Crippen LogP contribution is 2.39. The van der Waals surface area contributed by atoms with Crippen LogP contribution in [0.3, 0.4) is 0 Å². The normalized spacial score (nSPS) is 17.4. The average molecular weight is 503 g/mol. The van der Waals surface area contributed by atoms with Gasteiger partial charge in [0.05, 0.1) is 28.9 Å². The van der Waals surface area contributed by atoms with E-state index in [1.54, 1.807) is 6.07 Å². The predicted molar refractivity (Wildman–Crippen MR) is 149 cm³/mol. The van der Waals surface area contributed by atoms with Crippen LogP contribution in [0.25, 0.3) is 17.0 Å². The van der Waals surface area contributed by atoms with E-state index >= 15 is 0 Å². The molecule has 0 unspecified atom stereocenters. The number of ether oxygens (including phenoxy) is 2. The summed E-state index contributed by atoms with van der Waals surface area (Å²) in [6, 6.07) is 9.66. The number of piperidine rings is 1. The van der Waals surface area contributed by atoms with Gasteiger partial charge in [-0.25, -0.2) is 0 Å². The Morgan fingerprint density at radius 2 is 2.00 bits per heavy atom. The second-order valence-corrected chi connectivity index (χ2v) is 10.9. The average Bonchev–Trinajstić information content (AvgIpc) is 3.18. The zero-order valence-electron chi connectivity index (χ0n) is 22.6. The first-order chi connectivity index (χ1) is 17.7. The Bertz CT molecular complexity index is 1330. The van der Waals surface area contributed by atoms with Gasteiger partial charge in [-0.15, -0.1) is 0 Å². The number of fused-ring (bicyclic) bond motifs is 2. The molecule has 1 fully saturated rings. The van der Waals surface area contributed by atoms with Gasteiger partial charge < -0.3 is 19.7 Å². The standard InChI is InChI=1S/C30H38N4O3/c1-6-36-28-24-11-15-30(3,4)37-27(24)10-9-25(28)29(35)31-22-7-8-23-20(2)32-34(26(23)19-22)18-14-21-12-16-33(5)17-13-21/h7-11,15,19,21H,6,12-14,16-18H2,1-5H3,(H,31,35). The number of hydrogen-bond donors (Lipinski definition) is 1. The van der Waals surface area contributed by atoms with Crippen LogP contribution >= 0.6 is 0 Å². The third-order valence-electron chi connectivity index (χ3n) is 7.50. The summed E-state index contributed by atoms with van der Waals surface area (Å²) in [5.74, 6) is 1.79. The van der Waals surface area contributed by atoms with Gasteiger partial charge in [0, 0.05) is 17.6 Å². The molecule has 196 valence electrons. The number of aromatic nitrogens is 2. The van der Waals surface area contributed by atoms with E-state index in [1.807, 2.05) is 64.1 Å². The first kappa shape index (κ1) is 25.3. The maximum atomic E-state index is 13.4. The Labute approximate surface area is 219 Å². The number of carbonyl (C=O) groups is 1. The van der Waals surface area contributed by atoms with Crippen molar-refractivity contribution in [2.24, 2.45) is 5.92 Å². The molecule has 7 nitrogen and oxygen atoms in total. The molecule has 37 heavy (non-hydrogen) atoms. The Hall–Kier alpha value is -3.32. The lowest BCUT2D eigenvalue weighted by Gasteiger charge is -2.29. The van der Waals surface area contributed by atoms with Gasteiger partial charge in [-0.1, -0.05) is 0 Å². The molecule has 7 heteroatoms. The summed E-state index contributed by atoms with van der Waals surface area (Å²) in [6.07, 6.45) is 7.59. The third kappa shape index (κ3) is 5.37. The van der Waals surface area contributed by atoms with E-state index in [4.69, 9.17) is 14.6 Å². The molecule has 0 saturated carbocycles. The number of carbonyl (C=O) groups excluding carboxylic acids is 1. The van der Waals surface area contributed by atoms with Gasteiger partial charge in [0.15, 0.2) is 0 Å². The van der Waals surface area contributed by atoms with Gasteiger partial charge in [0.25, 0.3) is 5.91 Å². The zero-order valence-corrected chi connectivity index (χ0v) is 22.6. The summed E-state index contributed by atoms with van der Waals surface area (Å²) in [6.45, 7) is 11.7. The molecule has 5 rings (SSSR count). The van der Waals surface area contributed by atoms with Crippen molar-refractivity contribution >= 4 is 28.6 Å². The van der Waals surface area contributed by atoms with E-state index < -0.39 is 5.60 Å². The molecule has 0 radical (unpaired) electrons. The first-order valence-electron chi connectivity index (χ1n) is 13.4. The fourth-order valence-corrected chi connectivity index (χ4v) is 5.35. The molecular weight excluding hydrogens is 464 g/mol. The minimum absolute atomic E-state index is 0.210. The second-order valence-electron chi connectivity index (χ2n) is 10.9. The summed E-state index contributed by atoms with van der Waals surface area (Å²) in [4.78, 5) is 15.8. The number of nitrogens with zero attached hydrogens (tertiary/aromatic N) is 3. The van der Waals surface area contributed by atoms with Crippen LogP contribution in [0.2, 0.25) is 0 Å². The molecule has 1 aromatic heterocycles. The lowest BCUT2D eigenvalue weighted by molar-refractivity contribution is 0.102. The third-order valence-corrected chi connectivity index (χ3v) is 7.50. The van der Waals surface area contributed by atoms with Crippen molar-refractivity contribution in [1.29, 1.82) is 0 Å². The van der Waals surface area contributed by atoms with Crippen LogP contribution in [0.1, 0.15) is 61.6 Å². The van der Waals surface area contributed by atoms with Gasteiger partial charge in [-0.2, -0.15) is 5.10 Å². The van der Waals surface area contributed by atoms with Crippen molar-refractivity contribution in [2.75, 3.05) is 32.1 Å². The molecule has 3 aromatic rings. The number of hydrogen-bond acceptors (Lipinski definition) is 5. The molecule has 0 spiro atoms. The van der Waals surface area contributed by atoms with E-state index in [0.717, 1.165) is 52.5 Å². The molecule has 1 N–H and O–H groups in total. The van der Waals surface area contributed by atoms with Gasteiger partial charge in [-0.3, -0.25) is 9.48 Å². The molecule has 2 aromatic carbocycles. The van der Waals surface area contributed by atoms with E-state index in [9.17, 15) is 4.79 Å². The van der Waals surface area contributed by atoms with Gasteiger partial charge in [0.1, 0.15) is 17.1 Å². The van der Waals surface area contributed by atoms with E-state index in [0.29, 0.717) is 17.9 Å². The number of aryl methyl sites for hydroxylation is 2. The monoisotopic (exact) mass is 502 g/mol. The first-order valence-corrected chi connectivity index (χ1v) is 13.4. The number of likely N-dealkylation sites (tertiary alicyclic amines) is 1. The van der Waals surface area contributed by atoms with Gasteiger partial charge in [-0.05, 0) is 115 Å². The minimum Gasteiger partial charge on any atom is -0.492 e. The number of rotatable bonds is 7. The molecule has 0 atom stereocenters. The van der Waals surface area contributed by atoms with Crippen molar-refractivity contribution in [2.45, 2.75) is 59.1 Å². The van der Waals surface area contributed by atoms with Crippen molar-refractivity contribution in [3.05, 3.63) is 53.2 Å². The summed E-state index contributed by atoms with van der Waals surface area (Å²) in [7, 11) is 2.20. The Morgan fingerprint density at radius 1 is 1.22 bits per heavy atom. The van der Waals surface area contributed by atoms with Crippen molar-refractivity contribution in [3.8, 4) is 11.5 Å². The van der Waals surface area contributed by atoms with Crippen LogP contribution in [0.4, 0.5) is 5.69 Å². The Kier molecular flexibility index (Phi) is 6.99. The summed E-state index contributed by atoms with van der Waals surface area (Å²) in [5.41, 5.74) is 3.69. The predicted octanol–water partition coefficient (Wildman–Crippen LogP) is 5.91. The fraction of sp³-hybridized carbons (Fsp3) is 0.467. The maximum Gasteiger partial charge on any atom is 0.259 e. The maximum absolute atomic E-state index is 13.4. The molecule has 3 heterocycles. The smallest absolute Gasteiger partial charge is 0.259 e. The Morgan fingerprint density at radius 3 is 2.76 bits per heavy atom. The quantitative estimate of drug-likeness (QED) is 0.435. The summed E-state index contributed by atoms with van der Waals surface area (Å²) >= 11 is 0. The number of nitrogens with one attached hydrogen (secondary N) is 1. The second kappa shape index (κ2) is 10.2. The molecular formula is C30H38N4O3. The fourth-order valence-electron chi connectivity index (χ4n) is 5.35. The number of amides is 1. The van der Waals surface area contributed by atoms with Gasteiger partial charge >= 0.3 is 0 Å². The van der Waals surface area contributed by atoms with Crippen LogP contribution in [-0.4, -0.2) is 52.9 Å². The van der Waals surface area contributed by atoms with Crippen molar-refractivity contribution in [1.82, 2.24) is 14.7 Å². The number of benzene rings is 2. The van der Waals surface area contributed by atoms with Gasteiger partial charge in [0.2, 0.25) is 0 Å². The van der Waals surface area contributed by atoms with E-state index in [1.165, 1.54) is 25.9 Å². The minimum atomic E-state index is -0.399. The molecule has 2 aliphatic rings. The van der Waals surface area contributed by atoms with Crippen LogP contribution in [0.15, 0.2) is 36.4 Å². The molecule has 2 aliphatic heterocycles. The van der Waals surface area contributed by atoms with Crippen LogP contribution in [0.5, 0.6) is 11.5 Å². The molecule has 1 amide bonds. The Balaban J connectivity index is 1.37. The molecule has 1 saturated heterocycles. The van der Waals surface area contributed by atoms with E-state index in [2.05, 4.69) is 21.9 Å². The topological polar surface area (TPSA) is 68.6 Å². The SMILES string of the molecule is CCOc1c(C(=O)Nc2ccc3c(C)nn(CCC4CCN(C)CC4)c3c2)ccc2c1C=CC(C)(C)O2. The summed E-state index contributed by atoms with van der Waals surface area (Å²) in [5, 5.41) is 9.03. The van der Waals surface area contributed by atoms with Crippen LogP contribution in [-0.2, 0) is 6.54 Å². The van der Waals surface area contributed by atoms with Crippen LogP contribution < -0.4 is 14.8 Å². The van der Waals surface area contributed by atoms with E-state index in [-0.39, 0.29) is 5.91 Å². The highest BCUT2D eigenvalue weighted by atomic mass is 16.5.